The lowest BCUT2D eigenvalue weighted by molar-refractivity contribution is -0.276. The van der Waals surface area contributed by atoms with Gasteiger partial charge in [0.1, 0.15) is 42.2 Å². The van der Waals surface area contributed by atoms with Crippen LogP contribution in [0.3, 0.4) is 0 Å². The summed E-state index contributed by atoms with van der Waals surface area (Å²) in [6, 6.07) is 38.3. The average molecular weight is 793 g/mol. The third kappa shape index (κ3) is 12.3. The third-order valence-electron chi connectivity index (χ3n) is 9.35. The van der Waals surface area contributed by atoms with E-state index in [9.17, 15) is 9.59 Å². The molecular formula is C45H52N4O9. The van der Waals surface area contributed by atoms with Crippen molar-refractivity contribution in [3.8, 4) is 0 Å². The molecule has 0 unspecified atom stereocenters. The summed E-state index contributed by atoms with van der Waals surface area (Å²) in [4.78, 5) is 26.0. The van der Waals surface area contributed by atoms with Crippen molar-refractivity contribution in [3.05, 3.63) is 155 Å². The smallest absolute Gasteiger partial charge is 0.408 e. The van der Waals surface area contributed by atoms with Gasteiger partial charge in [-0.3, -0.25) is 0 Å². The molecule has 0 spiro atoms. The van der Waals surface area contributed by atoms with Crippen LogP contribution in [0.4, 0.5) is 4.79 Å². The van der Waals surface area contributed by atoms with Gasteiger partial charge in [0.2, 0.25) is 0 Å². The number of aromatic nitrogens is 3. The van der Waals surface area contributed by atoms with E-state index in [2.05, 4.69) is 15.6 Å². The molecule has 6 atom stereocenters. The molecule has 0 saturated carbocycles. The van der Waals surface area contributed by atoms with Crippen LogP contribution < -0.4 is 5.32 Å². The second-order valence-electron chi connectivity index (χ2n) is 14.9. The second-order valence-corrected chi connectivity index (χ2v) is 14.9. The van der Waals surface area contributed by atoms with Crippen LogP contribution in [-0.4, -0.2) is 76.8 Å². The zero-order valence-corrected chi connectivity index (χ0v) is 33.3. The number of hydrogen-bond acceptors (Lipinski definition) is 11. The number of methoxy groups -OCH3 is 1. The maximum atomic E-state index is 13.1. The fraction of sp³-hybridized carbons (Fsp3) is 0.378. The van der Waals surface area contributed by atoms with E-state index in [0.29, 0.717) is 12.3 Å². The van der Waals surface area contributed by atoms with Crippen molar-refractivity contribution < 1.29 is 42.7 Å². The number of amides is 1. The average Bonchev–Trinajstić information content (AvgIpc) is 3.69. The molecule has 306 valence electrons. The molecule has 1 aliphatic heterocycles. The molecule has 13 nitrogen and oxygen atoms in total. The molecule has 0 bridgehead atoms. The number of rotatable bonds is 18. The van der Waals surface area contributed by atoms with Crippen molar-refractivity contribution in [1.29, 1.82) is 0 Å². The molecule has 2 heterocycles. The number of ether oxygens (including phenoxy) is 7. The van der Waals surface area contributed by atoms with Crippen LogP contribution >= 0.6 is 0 Å². The fourth-order valence-electron chi connectivity index (χ4n) is 6.60. The molecule has 0 aliphatic carbocycles. The number of esters is 1. The van der Waals surface area contributed by atoms with Crippen molar-refractivity contribution in [3.63, 3.8) is 0 Å². The maximum absolute atomic E-state index is 13.1. The van der Waals surface area contributed by atoms with Gasteiger partial charge in [-0.25, -0.2) is 14.3 Å². The van der Waals surface area contributed by atoms with E-state index >= 15 is 0 Å². The number of alkyl carbamates (subject to hydrolysis) is 1. The lowest BCUT2D eigenvalue weighted by Gasteiger charge is -2.46. The predicted molar refractivity (Wildman–Crippen MR) is 214 cm³/mol. The summed E-state index contributed by atoms with van der Waals surface area (Å²) in [7, 11) is 1.25. The van der Waals surface area contributed by atoms with Gasteiger partial charge in [0.25, 0.3) is 0 Å². The van der Waals surface area contributed by atoms with Gasteiger partial charge >= 0.3 is 12.1 Å². The first-order valence-corrected chi connectivity index (χ1v) is 19.4. The van der Waals surface area contributed by atoms with Crippen LogP contribution in [0.15, 0.2) is 128 Å². The molecule has 0 radical (unpaired) electrons. The minimum atomic E-state index is -1.18. The Labute approximate surface area is 339 Å². The highest BCUT2D eigenvalue weighted by atomic mass is 16.6. The normalized spacial score (nSPS) is 19.9. The van der Waals surface area contributed by atoms with Crippen LogP contribution in [-0.2, 0) is 70.9 Å². The van der Waals surface area contributed by atoms with E-state index in [0.717, 1.165) is 22.3 Å². The van der Waals surface area contributed by atoms with Gasteiger partial charge in [0, 0.05) is 0 Å². The van der Waals surface area contributed by atoms with Crippen LogP contribution in [0.2, 0.25) is 0 Å². The minimum absolute atomic E-state index is 0.147. The van der Waals surface area contributed by atoms with Crippen LogP contribution in [0.1, 0.15) is 54.8 Å². The summed E-state index contributed by atoms with van der Waals surface area (Å²) in [5, 5.41) is 11.2. The van der Waals surface area contributed by atoms with E-state index in [4.69, 9.17) is 33.2 Å². The first-order valence-electron chi connectivity index (χ1n) is 19.4. The van der Waals surface area contributed by atoms with Crippen LogP contribution in [0, 0.1) is 0 Å². The van der Waals surface area contributed by atoms with Crippen molar-refractivity contribution in [1.82, 2.24) is 20.3 Å². The number of hydrogen-bond donors (Lipinski definition) is 1. The Bertz CT molecular complexity index is 1980. The quantitative estimate of drug-likeness (QED) is 0.0942. The standard InChI is InChI=1S/C45H52N4O9/c1-45(2,3)58-44(51)47-36(43(50)52-4)26-49-37(25-46-48-49)39-41(55-29-34-21-13-7-14-22-34)42(56-30-35-23-15-8-16-24-35)40(54-28-33-19-11-6-12-20-33)38(57-39)31-53-27-32-17-9-5-10-18-32/h5-25,36,38-42H,26-31H2,1-4H3,(H,47,51)/t36-,38+,39-,40-,41-,42-/m0/s1. The molecule has 1 fully saturated rings. The molecule has 1 aromatic heterocycles. The van der Waals surface area contributed by atoms with Crippen molar-refractivity contribution >= 4 is 12.1 Å². The Kier molecular flexibility index (Phi) is 15.1. The molecule has 4 aromatic carbocycles. The molecule has 1 aliphatic rings. The summed E-state index contributed by atoms with van der Waals surface area (Å²) in [5.74, 6) is -0.695. The van der Waals surface area contributed by atoms with Gasteiger partial charge in [-0.05, 0) is 43.0 Å². The van der Waals surface area contributed by atoms with Gasteiger partial charge in [-0.1, -0.05) is 127 Å². The lowest BCUT2D eigenvalue weighted by Crippen LogP contribution is -2.58. The zero-order valence-electron chi connectivity index (χ0n) is 33.3. The molecule has 1 amide bonds. The van der Waals surface area contributed by atoms with Crippen LogP contribution in [0.25, 0.3) is 0 Å². The zero-order chi connectivity index (χ0) is 40.7. The number of nitrogens with one attached hydrogen (secondary N) is 1. The SMILES string of the molecule is COC(=O)[C@H](Cn1nncc1[C@@H]1O[C@H](COCc2ccccc2)[C@H](OCc2ccccc2)[C@H](OCc2ccccc2)[C@H]1OCc1ccccc1)NC(=O)OC(C)(C)C. The van der Waals surface area contributed by atoms with Gasteiger partial charge in [0.15, 0.2) is 0 Å². The van der Waals surface area contributed by atoms with Gasteiger partial charge in [-0.15, -0.1) is 5.10 Å². The topological polar surface area (TPSA) is 141 Å². The number of carbonyl (C=O) groups is 2. The summed E-state index contributed by atoms with van der Waals surface area (Å²) >= 11 is 0. The predicted octanol–water partition coefficient (Wildman–Crippen LogP) is 6.76. The summed E-state index contributed by atoms with van der Waals surface area (Å²) in [5.41, 5.74) is 3.56. The van der Waals surface area contributed by atoms with E-state index in [1.807, 2.05) is 121 Å². The number of benzene rings is 4. The highest BCUT2D eigenvalue weighted by Gasteiger charge is 2.50. The molecule has 13 heteroatoms. The second kappa shape index (κ2) is 20.8. The van der Waals surface area contributed by atoms with Crippen molar-refractivity contribution in [2.24, 2.45) is 0 Å². The van der Waals surface area contributed by atoms with Crippen molar-refractivity contribution in [2.45, 2.75) is 95.9 Å². The van der Waals surface area contributed by atoms with Gasteiger partial charge in [-0.2, -0.15) is 0 Å². The first kappa shape index (κ1) is 42.2. The lowest BCUT2D eigenvalue weighted by atomic mass is 9.92. The Hall–Kier alpha value is -5.44. The van der Waals surface area contributed by atoms with E-state index in [-0.39, 0.29) is 33.0 Å². The Balaban J connectivity index is 1.38. The van der Waals surface area contributed by atoms with E-state index in [1.165, 1.54) is 11.8 Å². The Morgan fingerprint density at radius 3 is 1.69 bits per heavy atom. The number of carbonyl (C=O) groups excluding carboxylic acids is 2. The van der Waals surface area contributed by atoms with E-state index < -0.39 is 54.2 Å². The number of nitrogens with zero attached hydrogens (tertiary/aromatic N) is 3. The highest BCUT2D eigenvalue weighted by molar-refractivity contribution is 5.81. The monoisotopic (exact) mass is 792 g/mol. The Morgan fingerprint density at radius 1 is 0.707 bits per heavy atom. The highest BCUT2D eigenvalue weighted by Crippen LogP contribution is 2.38. The molecule has 1 saturated heterocycles. The largest absolute Gasteiger partial charge is 0.467 e. The van der Waals surface area contributed by atoms with E-state index in [1.54, 1.807) is 27.0 Å². The Morgan fingerprint density at radius 2 is 1.19 bits per heavy atom. The van der Waals surface area contributed by atoms with Gasteiger partial charge < -0.3 is 38.5 Å². The third-order valence-corrected chi connectivity index (χ3v) is 9.35. The molecule has 1 N–H and O–H groups in total. The molecule has 6 rings (SSSR count). The molecular weight excluding hydrogens is 741 g/mol. The first-order chi connectivity index (χ1) is 28.2. The summed E-state index contributed by atoms with van der Waals surface area (Å²) in [6.45, 7) is 6.31. The molecule has 58 heavy (non-hydrogen) atoms. The van der Waals surface area contributed by atoms with Crippen LogP contribution in [0.5, 0.6) is 0 Å². The maximum Gasteiger partial charge on any atom is 0.408 e. The minimum Gasteiger partial charge on any atom is -0.467 e. The summed E-state index contributed by atoms with van der Waals surface area (Å²) < 4.78 is 45.9. The van der Waals surface area contributed by atoms with Crippen molar-refractivity contribution in [2.75, 3.05) is 13.7 Å². The summed E-state index contributed by atoms with van der Waals surface area (Å²) in [6.07, 6.45) is -2.93. The van der Waals surface area contributed by atoms with Gasteiger partial charge in [0.05, 0.1) is 58.6 Å². The molecule has 5 aromatic rings. The fourth-order valence-corrected chi connectivity index (χ4v) is 6.60.